The number of carbonyl (C=O) groups is 1. The predicted octanol–water partition coefficient (Wildman–Crippen LogP) is -0.463. The van der Waals surface area contributed by atoms with Crippen LogP contribution in [0.1, 0.15) is 29.5 Å². The van der Waals surface area contributed by atoms with E-state index in [0.717, 1.165) is 6.42 Å². The van der Waals surface area contributed by atoms with E-state index in [0.29, 0.717) is 5.69 Å². The Kier molecular flexibility index (Phi) is 5.03. The molecule has 0 aromatic carbocycles. The molecular weight excluding hydrogens is 292 g/mol. The molecule has 0 fully saturated rings. The molecule has 2 rings (SSSR count). The molecule has 4 N–H and O–H groups in total. The summed E-state index contributed by atoms with van der Waals surface area (Å²) in [6.45, 7) is 2.05. The SMILES string of the molecule is CCC=CNNC(=O)c1nnn(-c2nonc2N)c1COC. The van der Waals surface area contributed by atoms with Crippen LogP contribution in [-0.4, -0.2) is 38.3 Å². The third kappa shape index (κ3) is 3.20. The van der Waals surface area contributed by atoms with Crippen LogP contribution in [0.15, 0.2) is 16.9 Å². The van der Waals surface area contributed by atoms with E-state index in [2.05, 4.69) is 36.1 Å². The van der Waals surface area contributed by atoms with Crippen molar-refractivity contribution in [2.45, 2.75) is 20.0 Å². The first kappa shape index (κ1) is 15.4. The van der Waals surface area contributed by atoms with E-state index in [1.165, 1.54) is 11.8 Å². The molecule has 11 heteroatoms. The van der Waals surface area contributed by atoms with Gasteiger partial charge >= 0.3 is 0 Å². The Morgan fingerprint density at radius 2 is 2.32 bits per heavy atom. The van der Waals surface area contributed by atoms with Crippen LogP contribution in [-0.2, 0) is 11.3 Å². The highest BCUT2D eigenvalue weighted by Crippen LogP contribution is 2.16. The second-order valence-corrected chi connectivity index (χ2v) is 4.11. The van der Waals surface area contributed by atoms with Crippen molar-refractivity contribution in [2.24, 2.45) is 0 Å². The lowest BCUT2D eigenvalue weighted by molar-refractivity contribution is 0.0930. The van der Waals surface area contributed by atoms with E-state index in [4.69, 9.17) is 10.5 Å². The number of ether oxygens (including phenoxy) is 1. The number of carbonyl (C=O) groups excluding carboxylic acids is 1. The molecule has 1 amide bonds. The predicted molar refractivity (Wildman–Crippen MR) is 74.4 cm³/mol. The van der Waals surface area contributed by atoms with Gasteiger partial charge in [0.1, 0.15) is 5.69 Å². The van der Waals surface area contributed by atoms with E-state index in [-0.39, 0.29) is 23.9 Å². The van der Waals surface area contributed by atoms with Gasteiger partial charge in [0.2, 0.25) is 11.6 Å². The minimum absolute atomic E-state index is 0.0261. The highest BCUT2D eigenvalue weighted by atomic mass is 16.6. The summed E-state index contributed by atoms with van der Waals surface area (Å²) < 4.78 is 10.8. The second-order valence-electron chi connectivity index (χ2n) is 4.11. The summed E-state index contributed by atoms with van der Waals surface area (Å²) in [5.74, 6) is -0.315. The zero-order valence-corrected chi connectivity index (χ0v) is 12.1. The lowest BCUT2D eigenvalue weighted by Gasteiger charge is -2.05. The average molecular weight is 308 g/mol. The van der Waals surface area contributed by atoms with Crippen LogP contribution in [0.2, 0.25) is 0 Å². The fourth-order valence-electron chi connectivity index (χ4n) is 1.60. The summed E-state index contributed by atoms with van der Waals surface area (Å²) in [7, 11) is 1.48. The number of nitrogens with two attached hydrogens (primary N) is 1. The van der Waals surface area contributed by atoms with Gasteiger partial charge in [0.15, 0.2) is 5.69 Å². The maximum Gasteiger partial charge on any atom is 0.292 e. The number of allylic oxidation sites excluding steroid dienone is 1. The summed E-state index contributed by atoms with van der Waals surface area (Å²) in [4.78, 5) is 12.1. The number of anilines is 1. The Bertz CT molecular complexity index is 662. The first-order valence-corrected chi connectivity index (χ1v) is 6.41. The van der Waals surface area contributed by atoms with Gasteiger partial charge in [-0.25, -0.2) is 4.63 Å². The molecule has 2 aromatic rings. The average Bonchev–Trinajstić information content (AvgIpc) is 3.10. The van der Waals surface area contributed by atoms with Crippen molar-refractivity contribution in [1.82, 2.24) is 36.2 Å². The smallest absolute Gasteiger partial charge is 0.292 e. The van der Waals surface area contributed by atoms with Gasteiger partial charge in [0.25, 0.3) is 5.91 Å². The highest BCUT2D eigenvalue weighted by Gasteiger charge is 2.23. The number of rotatable bonds is 7. The van der Waals surface area contributed by atoms with Crippen LogP contribution >= 0.6 is 0 Å². The number of methoxy groups -OCH3 is 1. The van der Waals surface area contributed by atoms with Crippen molar-refractivity contribution in [2.75, 3.05) is 12.8 Å². The van der Waals surface area contributed by atoms with E-state index in [1.54, 1.807) is 6.20 Å². The van der Waals surface area contributed by atoms with Crippen LogP contribution in [0.5, 0.6) is 0 Å². The molecule has 2 aromatic heterocycles. The largest absolute Gasteiger partial charge is 0.378 e. The fourth-order valence-corrected chi connectivity index (χ4v) is 1.60. The molecule has 0 bridgehead atoms. The van der Waals surface area contributed by atoms with Crippen LogP contribution in [0.3, 0.4) is 0 Å². The highest BCUT2D eigenvalue weighted by molar-refractivity contribution is 5.93. The molecule has 0 aliphatic heterocycles. The molecule has 0 saturated carbocycles. The summed E-state index contributed by atoms with van der Waals surface area (Å²) in [6, 6.07) is 0. The number of nitrogen functional groups attached to an aromatic ring is 1. The monoisotopic (exact) mass is 308 g/mol. The third-order valence-corrected chi connectivity index (χ3v) is 2.58. The van der Waals surface area contributed by atoms with Crippen molar-refractivity contribution in [3.8, 4) is 5.82 Å². The van der Waals surface area contributed by atoms with Gasteiger partial charge in [0.05, 0.1) is 6.61 Å². The number of amides is 1. The van der Waals surface area contributed by atoms with Crippen molar-refractivity contribution >= 4 is 11.7 Å². The summed E-state index contributed by atoms with van der Waals surface area (Å²) >= 11 is 0. The standard InChI is InChI=1S/C11H16N8O3/c1-3-4-5-13-15-11(20)8-7(6-21-2)19(18-14-8)10-9(12)16-22-17-10/h4-5,13H,3,6H2,1-2H3,(H2,12,16)(H,15,20). The van der Waals surface area contributed by atoms with E-state index < -0.39 is 5.91 Å². The van der Waals surface area contributed by atoms with Crippen molar-refractivity contribution in [3.05, 3.63) is 23.7 Å². The Morgan fingerprint density at radius 3 is 2.95 bits per heavy atom. The molecule has 2 heterocycles. The van der Waals surface area contributed by atoms with E-state index in [9.17, 15) is 4.79 Å². The topological polar surface area (TPSA) is 146 Å². The van der Waals surface area contributed by atoms with Crippen molar-refractivity contribution in [1.29, 1.82) is 0 Å². The molecule has 0 spiro atoms. The van der Waals surface area contributed by atoms with Gasteiger partial charge < -0.3 is 15.9 Å². The number of hydrazine groups is 1. The summed E-state index contributed by atoms with van der Waals surface area (Å²) in [5, 5.41) is 14.7. The molecule has 0 saturated heterocycles. The van der Waals surface area contributed by atoms with Crippen molar-refractivity contribution in [3.63, 3.8) is 0 Å². The molecule has 0 aliphatic carbocycles. The number of nitrogens with zero attached hydrogens (tertiary/aromatic N) is 5. The lowest BCUT2D eigenvalue weighted by atomic mass is 10.3. The molecule has 0 aliphatic rings. The molecule has 0 atom stereocenters. The first-order chi connectivity index (χ1) is 10.7. The van der Waals surface area contributed by atoms with Gasteiger partial charge in [-0.05, 0) is 16.7 Å². The van der Waals surface area contributed by atoms with Gasteiger partial charge in [-0.15, -0.1) is 5.10 Å². The molecule has 0 radical (unpaired) electrons. The number of nitrogens with one attached hydrogen (secondary N) is 2. The third-order valence-electron chi connectivity index (χ3n) is 2.58. The number of aromatic nitrogens is 5. The van der Waals surface area contributed by atoms with Crippen molar-refractivity contribution < 1.29 is 14.2 Å². The second kappa shape index (κ2) is 7.17. The maximum absolute atomic E-state index is 12.1. The Labute approximate surface area is 125 Å². The normalized spacial score (nSPS) is 11.0. The van der Waals surface area contributed by atoms with Crippen LogP contribution in [0.4, 0.5) is 5.82 Å². The zero-order valence-electron chi connectivity index (χ0n) is 12.1. The van der Waals surface area contributed by atoms with Crippen LogP contribution in [0, 0.1) is 0 Å². The number of hydrogen-bond donors (Lipinski definition) is 3. The Balaban J connectivity index is 2.25. The quantitative estimate of drug-likeness (QED) is 0.578. The summed E-state index contributed by atoms with van der Waals surface area (Å²) in [6.07, 6.45) is 4.29. The Hall–Kier alpha value is -2.95. The number of hydrogen-bond acceptors (Lipinski definition) is 9. The van der Waals surface area contributed by atoms with E-state index in [1.807, 2.05) is 13.0 Å². The van der Waals surface area contributed by atoms with Crippen LogP contribution < -0.4 is 16.6 Å². The minimum Gasteiger partial charge on any atom is -0.378 e. The van der Waals surface area contributed by atoms with E-state index >= 15 is 0 Å². The molecule has 22 heavy (non-hydrogen) atoms. The fraction of sp³-hybridized carbons (Fsp3) is 0.364. The Morgan fingerprint density at radius 1 is 1.50 bits per heavy atom. The zero-order chi connectivity index (χ0) is 15.9. The summed E-state index contributed by atoms with van der Waals surface area (Å²) in [5.41, 5.74) is 11.2. The van der Waals surface area contributed by atoms with Gasteiger partial charge in [0, 0.05) is 13.3 Å². The minimum atomic E-state index is -0.478. The molecule has 0 unspecified atom stereocenters. The lowest BCUT2D eigenvalue weighted by Crippen LogP contribution is -2.34. The van der Waals surface area contributed by atoms with Gasteiger partial charge in [-0.2, -0.15) is 4.68 Å². The van der Waals surface area contributed by atoms with Crippen LogP contribution in [0.25, 0.3) is 5.82 Å². The van der Waals surface area contributed by atoms with Gasteiger partial charge in [-0.1, -0.05) is 18.2 Å². The molecular formula is C11H16N8O3. The first-order valence-electron chi connectivity index (χ1n) is 6.41. The molecule has 11 nitrogen and oxygen atoms in total. The molecule has 118 valence electrons. The van der Waals surface area contributed by atoms with Gasteiger partial charge in [-0.3, -0.25) is 10.2 Å². The maximum atomic E-state index is 12.1.